The van der Waals surface area contributed by atoms with Crippen LogP contribution in [0.4, 0.5) is 10.2 Å². The lowest BCUT2D eigenvalue weighted by molar-refractivity contribution is 0.0996. The molecule has 0 radical (unpaired) electrons. The summed E-state index contributed by atoms with van der Waals surface area (Å²) in [4.78, 5) is 20.1. The molecule has 1 amide bonds. The van der Waals surface area contributed by atoms with E-state index in [-0.39, 0.29) is 11.7 Å². The number of amides is 1. The highest BCUT2D eigenvalue weighted by atomic mass is 19.1. The Balaban J connectivity index is 1.19. The summed E-state index contributed by atoms with van der Waals surface area (Å²) in [5.74, 6) is 1.75. The van der Waals surface area contributed by atoms with Gasteiger partial charge in [0.15, 0.2) is 5.82 Å². The number of anilines is 1. The Bertz CT molecular complexity index is 1550. The molecule has 8 heteroatoms. The van der Waals surface area contributed by atoms with Gasteiger partial charge in [0.25, 0.3) is 5.91 Å². The van der Waals surface area contributed by atoms with Crippen LogP contribution in [0.2, 0.25) is 0 Å². The van der Waals surface area contributed by atoms with E-state index in [0.29, 0.717) is 35.4 Å². The average molecular weight is 509 g/mol. The lowest BCUT2D eigenvalue weighted by Crippen LogP contribution is -2.25. The fourth-order valence-corrected chi connectivity index (χ4v) is 5.37. The number of pyridine rings is 1. The number of nitrogens with one attached hydrogen (secondary N) is 1. The maximum atomic E-state index is 14.4. The van der Waals surface area contributed by atoms with Crippen LogP contribution in [0, 0.1) is 18.7 Å². The monoisotopic (exact) mass is 508 g/mol. The summed E-state index contributed by atoms with van der Waals surface area (Å²) >= 11 is 0. The Kier molecular flexibility index (Phi) is 5.58. The first-order valence-electron chi connectivity index (χ1n) is 13.4. The summed E-state index contributed by atoms with van der Waals surface area (Å²) in [5, 5.41) is 12.0. The van der Waals surface area contributed by atoms with Crippen molar-refractivity contribution in [1.82, 2.24) is 25.1 Å². The number of benzene rings is 2. The number of halogens is 1. The molecule has 3 heterocycles. The lowest BCUT2D eigenvalue weighted by atomic mass is 9.96. The number of aromatic nitrogens is 4. The quantitative estimate of drug-likeness (QED) is 0.343. The molecule has 0 unspecified atom stereocenters. The predicted molar refractivity (Wildman–Crippen MR) is 143 cm³/mol. The molecule has 2 aliphatic carbocycles. The van der Waals surface area contributed by atoms with Crippen LogP contribution < -0.4 is 10.2 Å². The summed E-state index contributed by atoms with van der Waals surface area (Å²) in [5.41, 5.74) is 5.99. The standard InChI is InChI=1S/C30H29FN6O/c1-18-10-20(15-32-14-19-2-3-19)11-28(34-18)36-16-22-5-4-21(12-26(22)30(36)38)25-9-6-23(31)13-27(25)29-35-33-17-37(29)24-7-8-24/h4-6,9-13,17,19,24,32H,2-3,7-8,14-16H2,1H3. The van der Waals surface area contributed by atoms with E-state index in [2.05, 4.69) is 21.6 Å². The third-order valence-electron chi connectivity index (χ3n) is 7.70. The van der Waals surface area contributed by atoms with Crippen molar-refractivity contribution in [2.24, 2.45) is 5.92 Å². The van der Waals surface area contributed by atoms with E-state index in [4.69, 9.17) is 4.98 Å². The highest BCUT2D eigenvalue weighted by Crippen LogP contribution is 2.41. The van der Waals surface area contributed by atoms with Crippen LogP contribution in [0.3, 0.4) is 0 Å². The third kappa shape index (κ3) is 4.39. The normalized spacial score (nSPS) is 16.8. The lowest BCUT2D eigenvalue weighted by Gasteiger charge is -2.17. The highest BCUT2D eigenvalue weighted by molar-refractivity contribution is 6.10. The van der Waals surface area contributed by atoms with E-state index in [1.807, 2.05) is 35.8 Å². The van der Waals surface area contributed by atoms with Crippen molar-refractivity contribution >= 4 is 11.7 Å². The smallest absolute Gasteiger partial charge is 0.260 e. The minimum atomic E-state index is -0.328. The third-order valence-corrected chi connectivity index (χ3v) is 7.70. The number of carbonyl (C=O) groups excluding carboxylic acids is 1. The minimum absolute atomic E-state index is 0.0679. The van der Waals surface area contributed by atoms with Gasteiger partial charge in [-0.1, -0.05) is 18.2 Å². The Morgan fingerprint density at radius 1 is 1.00 bits per heavy atom. The van der Waals surface area contributed by atoms with Crippen LogP contribution in [0.5, 0.6) is 0 Å². The van der Waals surface area contributed by atoms with Gasteiger partial charge in [0, 0.05) is 29.4 Å². The number of nitrogens with zero attached hydrogens (tertiary/aromatic N) is 5. The molecule has 2 fully saturated rings. The Morgan fingerprint density at radius 3 is 2.68 bits per heavy atom. The molecule has 4 aromatic rings. The first-order chi connectivity index (χ1) is 18.5. The van der Waals surface area contributed by atoms with Gasteiger partial charge >= 0.3 is 0 Å². The number of hydrogen-bond donors (Lipinski definition) is 1. The van der Waals surface area contributed by atoms with Gasteiger partial charge in [0.1, 0.15) is 18.0 Å². The van der Waals surface area contributed by atoms with Gasteiger partial charge in [-0.2, -0.15) is 0 Å². The summed E-state index contributed by atoms with van der Waals surface area (Å²) in [6.45, 7) is 4.25. The summed E-state index contributed by atoms with van der Waals surface area (Å²) in [6.07, 6.45) is 6.50. The second-order valence-electron chi connectivity index (χ2n) is 10.8. The van der Waals surface area contributed by atoms with Gasteiger partial charge in [-0.05, 0) is 97.7 Å². The molecule has 7 nitrogen and oxygen atoms in total. The topological polar surface area (TPSA) is 75.9 Å². The molecule has 1 aliphatic heterocycles. The SMILES string of the molecule is Cc1cc(CNCC2CC2)cc(N2Cc3ccc(-c4ccc(F)cc4-c4nncn4C4CC4)cc3C2=O)n1. The molecule has 38 heavy (non-hydrogen) atoms. The van der Waals surface area contributed by atoms with E-state index in [0.717, 1.165) is 59.8 Å². The van der Waals surface area contributed by atoms with Gasteiger partial charge in [-0.15, -0.1) is 10.2 Å². The van der Waals surface area contributed by atoms with Gasteiger partial charge in [0.2, 0.25) is 0 Å². The van der Waals surface area contributed by atoms with Crippen molar-refractivity contribution in [2.45, 2.75) is 51.7 Å². The number of carbonyl (C=O) groups is 1. The van der Waals surface area contributed by atoms with Crippen LogP contribution >= 0.6 is 0 Å². The van der Waals surface area contributed by atoms with Gasteiger partial charge in [-0.25, -0.2) is 9.37 Å². The molecule has 2 aromatic heterocycles. The number of fused-ring (bicyclic) bond motifs is 1. The van der Waals surface area contributed by atoms with Crippen LogP contribution in [0.25, 0.3) is 22.5 Å². The molecule has 1 N–H and O–H groups in total. The molecule has 2 saturated carbocycles. The minimum Gasteiger partial charge on any atom is -0.312 e. The Morgan fingerprint density at radius 2 is 1.87 bits per heavy atom. The van der Waals surface area contributed by atoms with Crippen molar-refractivity contribution in [3.05, 3.63) is 83.1 Å². The zero-order chi connectivity index (χ0) is 25.8. The Labute approximate surface area is 220 Å². The number of aryl methyl sites for hydroxylation is 1. The molecular formula is C30H29FN6O. The molecule has 3 aliphatic rings. The van der Waals surface area contributed by atoms with Crippen molar-refractivity contribution in [3.63, 3.8) is 0 Å². The van der Waals surface area contributed by atoms with Crippen LogP contribution in [-0.4, -0.2) is 32.2 Å². The zero-order valence-electron chi connectivity index (χ0n) is 21.3. The second kappa shape index (κ2) is 9.13. The molecule has 0 spiro atoms. The fourth-order valence-electron chi connectivity index (χ4n) is 5.37. The van der Waals surface area contributed by atoms with Crippen molar-refractivity contribution in [3.8, 4) is 22.5 Å². The highest BCUT2D eigenvalue weighted by Gasteiger charge is 2.31. The van der Waals surface area contributed by atoms with Gasteiger partial charge in [-0.3, -0.25) is 9.69 Å². The summed E-state index contributed by atoms with van der Waals surface area (Å²) < 4.78 is 16.4. The molecule has 192 valence electrons. The summed E-state index contributed by atoms with van der Waals surface area (Å²) in [6, 6.07) is 15.1. The van der Waals surface area contributed by atoms with Crippen LogP contribution in [0.1, 0.15) is 58.9 Å². The molecule has 7 rings (SSSR count). The van der Waals surface area contributed by atoms with E-state index >= 15 is 0 Å². The van der Waals surface area contributed by atoms with Crippen molar-refractivity contribution in [2.75, 3.05) is 11.4 Å². The largest absolute Gasteiger partial charge is 0.312 e. The van der Waals surface area contributed by atoms with E-state index in [9.17, 15) is 9.18 Å². The van der Waals surface area contributed by atoms with Crippen LogP contribution in [0.15, 0.2) is 54.9 Å². The molecule has 0 saturated heterocycles. The molecule has 0 atom stereocenters. The maximum Gasteiger partial charge on any atom is 0.260 e. The van der Waals surface area contributed by atoms with Crippen molar-refractivity contribution < 1.29 is 9.18 Å². The fraction of sp³-hybridized carbons (Fsp3) is 0.333. The van der Waals surface area contributed by atoms with Crippen molar-refractivity contribution in [1.29, 1.82) is 0 Å². The van der Waals surface area contributed by atoms with E-state index < -0.39 is 0 Å². The van der Waals surface area contributed by atoms with E-state index in [1.54, 1.807) is 17.3 Å². The Hall–Kier alpha value is -3.91. The first-order valence-corrected chi connectivity index (χ1v) is 13.4. The maximum absolute atomic E-state index is 14.4. The van der Waals surface area contributed by atoms with Crippen LogP contribution in [-0.2, 0) is 13.1 Å². The second-order valence-corrected chi connectivity index (χ2v) is 10.8. The molecule has 2 aromatic carbocycles. The van der Waals surface area contributed by atoms with E-state index in [1.165, 1.54) is 25.0 Å². The molecule has 0 bridgehead atoms. The average Bonchev–Trinajstić information content (AvgIpc) is 3.84. The summed E-state index contributed by atoms with van der Waals surface area (Å²) in [7, 11) is 0. The van der Waals surface area contributed by atoms with Gasteiger partial charge < -0.3 is 9.88 Å². The first kappa shape index (κ1) is 23.2. The van der Waals surface area contributed by atoms with Gasteiger partial charge in [0.05, 0.1) is 6.54 Å². The number of rotatable bonds is 8. The predicted octanol–water partition coefficient (Wildman–Crippen LogP) is 5.45. The zero-order valence-corrected chi connectivity index (χ0v) is 21.3. The number of hydrogen-bond acceptors (Lipinski definition) is 5. The molecular weight excluding hydrogens is 479 g/mol.